The largest absolute Gasteiger partial charge is 0.486 e. The predicted molar refractivity (Wildman–Crippen MR) is 73.1 cm³/mol. The maximum atomic E-state index is 12.7. The van der Waals surface area contributed by atoms with Crippen molar-refractivity contribution in [3.05, 3.63) is 29.8 Å². The van der Waals surface area contributed by atoms with E-state index in [2.05, 4.69) is 6.07 Å². The molecule has 1 heterocycles. The third-order valence-corrected chi connectivity index (χ3v) is 4.16. The summed E-state index contributed by atoms with van der Waals surface area (Å²) in [4.78, 5) is 12.7. The van der Waals surface area contributed by atoms with Crippen molar-refractivity contribution in [1.29, 1.82) is 5.26 Å². The van der Waals surface area contributed by atoms with Gasteiger partial charge < -0.3 is 4.74 Å². The topological polar surface area (TPSA) is 50.1 Å². The SMILES string of the molecule is CCC1(CC)Oc2ccccc2C(=O)C1CCC#N. The molecule has 2 rings (SSSR count). The Morgan fingerprint density at radius 2 is 2.00 bits per heavy atom. The zero-order valence-corrected chi connectivity index (χ0v) is 11.5. The monoisotopic (exact) mass is 257 g/mol. The van der Waals surface area contributed by atoms with Crippen molar-refractivity contribution in [3.8, 4) is 11.8 Å². The van der Waals surface area contributed by atoms with E-state index in [0.29, 0.717) is 24.2 Å². The maximum absolute atomic E-state index is 12.7. The average molecular weight is 257 g/mol. The molecule has 100 valence electrons. The molecule has 0 N–H and O–H groups in total. The lowest BCUT2D eigenvalue weighted by Gasteiger charge is -2.43. The minimum atomic E-state index is -0.456. The van der Waals surface area contributed by atoms with Gasteiger partial charge in [0.1, 0.15) is 11.4 Å². The van der Waals surface area contributed by atoms with Crippen LogP contribution in [0.1, 0.15) is 49.9 Å². The molecule has 0 spiro atoms. The van der Waals surface area contributed by atoms with Crippen LogP contribution < -0.4 is 4.74 Å². The van der Waals surface area contributed by atoms with Gasteiger partial charge in [0.2, 0.25) is 0 Å². The number of hydrogen-bond acceptors (Lipinski definition) is 3. The molecule has 1 unspecified atom stereocenters. The second kappa shape index (κ2) is 5.44. The van der Waals surface area contributed by atoms with Crippen molar-refractivity contribution in [2.45, 2.75) is 45.1 Å². The second-order valence-corrected chi connectivity index (χ2v) is 4.98. The van der Waals surface area contributed by atoms with Gasteiger partial charge in [-0.1, -0.05) is 26.0 Å². The molecule has 0 aromatic heterocycles. The number of carbonyl (C=O) groups excluding carboxylic acids is 1. The van der Waals surface area contributed by atoms with Crippen molar-refractivity contribution in [2.24, 2.45) is 5.92 Å². The third-order valence-electron chi connectivity index (χ3n) is 4.16. The Kier molecular flexibility index (Phi) is 3.90. The molecule has 0 fully saturated rings. The maximum Gasteiger partial charge on any atom is 0.173 e. The summed E-state index contributed by atoms with van der Waals surface area (Å²) < 4.78 is 6.17. The van der Waals surface area contributed by atoms with Crippen LogP contribution in [0.5, 0.6) is 5.75 Å². The normalized spacial score (nSPS) is 20.3. The summed E-state index contributed by atoms with van der Waals surface area (Å²) in [5, 5.41) is 8.79. The molecule has 1 atom stereocenters. The average Bonchev–Trinajstić information content (AvgIpc) is 2.46. The van der Waals surface area contributed by atoms with Gasteiger partial charge in [-0.05, 0) is 31.4 Å². The van der Waals surface area contributed by atoms with E-state index >= 15 is 0 Å². The number of nitrogens with zero attached hydrogens (tertiary/aromatic N) is 1. The number of fused-ring (bicyclic) bond motifs is 1. The minimum absolute atomic E-state index is 0.126. The first kappa shape index (κ1) is 13.6. The fourth-order valence-electron chi connectivity index (χ4n) is 2.97. The van der Waals surface area contributed by atoms with Gasteiger partial charge in [0, 0.05) is 6.42 Å². The first-order chi connectivity index (χ1) is 9.18. The van der Waals surface area contributed by atoms with Crippen LogP contribution in [0, 0.1) is 17.2 Å². The highest BCUT2D eigenvalue weighted by Crippen LogP contribution is 2.42. The molecule has 1 aromatic carbocycles. The quantitative estimate of drug-likeness (QED) is 0.825. The molecule has 0 amide bonds. The van der Waals surface area contributed by atoms with Crippen LogP contribution in [-0.2, 0) is 0 Å². The molecule has 0 saturated carbocycles. The lowest BCUT2D eigenvalue weighted by Crippen LogP contribution is -2.49. The van der Waals surface area contributed by atoms with Crippen LogP contribution >= 0.6 is 0 Å². The number of para-hydroxylation sites is 1. The van der Waals surface area contributed by atoms with Gasteiger partial charge in [0.15, 0.2) is 5.78 Å². The van der Waals surface area contributed by atoms with Gasteiger partial charge in [-0.2, -0.15) is 5.26 Å². The summed E-state index contributed by atoms with van der Waals surface area (Å²) in [7, 11) is 0. The minimum Gasteiger partial charge on any atom is -0.486 e. The van der Waals surface area contributed by atoms with Crippen LogP contribution in [0.2, 0.25) is 0 Å². The second-order valence-electron chi connectivity index (χ2n) is 4.98. The van der Waals surface area contributed by atoms with Gasteiger partial charge in [-0.15, -0.1) is 0 Å². The van der Waals surface area contributed by atoms with Crippen molar-refractivity contribution in [3.63, 3.8) is 0 Å². The number of nitriles is 1. The van der Waals surface area contributed by atoms with Crippen LogP contribution in [0.3, 0.4) is 0 Å². The Hall–Kier alpha value is -1.82. The van der Waals surface area contributed by atoms with Crippen LogP contribution in [-0.4, -0.2) is 11.4 Å². The van der Waals surface area contributed by atoms with E-state index < -0.39 is 5.60 Å². The smallest absolute Gasteiger partial charge is 0.173 e. The highest BCUT2D eigenvalue weighted by molar-refractivity contribution is 6.02. The first-order valence-corrected chi connectivity index (χ1v) is 6.87. The van der Waals surface area contributed by atoms with Crippen LogP contribution in [0.25, 0.3) is 0 Å². The molecular formula is C16H19NO2. The van der Waals surface area contributed by atoms with Gasteiger partial charge in [0.25, 0.3) is 0 Å². The highest BCUT2D eigenvalue weighted by Gasteiger charge is 2.46. The van der Waals surface area contributed by atoms with E-state index in [9.17, 15) is 4.79 Å². The number of hydrogen-bond donors (Lipinski definition) is 0. The molecule has 3 nitrogen and oxygen atoms in total. The van der Waals surface area contributed by atoms with E-state index in [1.165, 1.54) is 0 Å². The van der Waals surface area contributed by atoms with E-state index in [0.717, 1.165) is 12.8 Å². The number of benzene rings is 1. The van der Waals surface area contributed by atoms with Crippen molar-refractivity contribution >= 4 is 5.78 Å². The zero-order chi connectivity index (χ0) is 13.9. The standard InChI is InChI=1S/C16H19NO2/c1-3-16(4-2)13(9-7-11-17)15(18)12-8-5-6-10-14(12)19-16/h5-6,8,10,13H,3-4,7,9H2,1-2H3. The number of ether oxygens (including phenoxy) is 1. The fraction of sp³-hybridized carbons (Fsp3) is 0.500. The fourth-order valence-corrected chi connectivity index (χ4v) is 2.97. The van der Waals surface area contributed by atoms with Gasteiger partial charge >= 0.3 is 0 Å². The van der Waals surface area contributed by atoms with Crippen molar-refractivity contribution in [2.75, 3.05) is 0 Å². The van der Waals surface area contributed by atoms with Gasteiger partial charge in [0.05, 0.1) is 17.6 Å². The Bertz CT molecular complexity index is 512. The summed E-state index contributed by atoms with van der Waals surface area (Å²) in [6.45, 7) is 4.09. The zero-order valence-electron chi connectivity index (χ0n) is 11.5. The molecule has 0 aliphatic carbocycles. The summed E-state index contributed by atoms with van der Waals surface area (Å²) in [5.41, 5.74) is 0.199. The molecule has 1 aliphatic heterocycles. The van der Waals surface area contributed by atoms with Crippen molar-refractivity contribution in [1.82, 2.24) is 0 Å². The Morgan fingerprint density at radius 3 is 2.63 bits per heavy atom. The van der Waals surface area contributed by atoms with Gasteiger partial charge in [-0.3, -0.25) is 4.79 Å². The molecule has 1 aromatic rings. The summed E-state index contributed by atoms with van der Waals surface area (Å²) in [5.74, 6) is 0.599. The Balaban J connectivity index is 2.44. The summed E-state index contributed by atoms with van der Waals surface area (Å²) >= 11 is 0. The third kappa shape index (κ3) is 2.23. The summed E-state index contributed by atoms with van der Waals surface area (Å²) in [6, 6.07) is 9.54. The first-order valence-electron chi connectivity index (χ1n) is 6.87. The number of Topliss-reactive ketones (excluding diaryl/α,β-unsaturated/α-hetero) is 1. The molecule has 1 aliphatic rings. The number of ketones is 1. The Labute approximate surface area is 114 Å². The van der Waals surface area contributed by atoms with Crippen molar-refractivity contribution < 1.29 is 9.53 Å². The van der Waals surface area contributed by atoms with E-state index in [4.69, 9.17) is 10.00 Å². The van der Waals surface area contributed by atoms with E-state index in [-0.39, 0.29) is 11.7 Å². The molecule has 0 bridgehead atoms. The predicted octanol–water partition coefficient (Wildman–Crippen LogP) is 3.74. The lowest BCUT2D eigenvalue weighted by molar-refractivity contribution is -0.00760. The summed E-state index contributed by atoms with van der Waals surface area (Å²) in [6.07, 6.45) is 2.52. The van der Waals surface area contributed by atoms with E-state index in [1.807, 2.05) is 38.1 Å². The van der Waals surface area contributed by atoms with E-state index in [1.54, 1.807) is 0 Å². The number of carbonyl (C=O) groups is 1. The van der Waals surface area contributed by atoms with Crippen LogP contribution in [0.15, 0.2) is 24.3 Å². The Morgan fingerprint density at radius 1 is 1.32 bits per heavy atom. The van der Waals surface area contributed by atoms with Gasteiger partial charge in [-0.25, -0.2) is 0 Å². The lowest BCUT2D eigenvalue weighted by atomic mass is 9.73. The number of rotatable bonds is 4. The molecule has 19 heavy (non-hydrogen) atoms. The molecule has 0 saturated heterocycles. The molecular weight excluding hydrogens is 238 g/mol. The molecule has 3 heteroatoms. The molecule has 0 radical (unpaired) electrons. The highest BCUT2D eigenvalue weighted by atomic mass is 16.5. The van der Waals surface area contributed by atoms with Crippen LogP contribution in [0.4, 0.5) is 0 Å².